The first-order valence-electron chi connectivity index (χ1n) is 11.6. The molecule has 0 aliphatic heterocycles. The molecule has 1 heteroatoms. The van der Waals surface area contributed by atoms with E-state index in [1.54, 1.807) is 7.11 Å². The Morgan fingerprint density at radius 1 is 0.857 bits per heavy atom. The van der Waals surface area contributed by atoms with E-state index < -0.39 is 0 Å². The summed E-state index contributed by atoms with van der Waals surface area (Å²) in [5.74, 6) is 11.1. The SMILES string of the molecule is CC[C@H]1CC[C@H](CC[C@H]2CC[C@H](C=CC#Cc3ccc(OC)cc3)CC2)CC1. The maximum atomic E-state index is 5.18. The van der Waals surface area contributed by atoms with Gasteiger partial charge in [-0.1, -0.05) is 69.8 Å². The first kappa shape index (κ1) is 21.0. The topological polar surface area (TPSA) is 9.23 Å². The molecule has 3 rings (SSSR count). The molecule has 2 aliphatic rings. The van der Waals surface area contributed by atoms with Gasteiger partial charge in [0.2, 0.25) is 0 Å². The second-order valence-electron chi connectivity index (χ2n) is 9.01. The van der Waals surface area contributed by atoms with Crippen molar-refractivity contribution >= 4 is 0 Å². The summed E-state index contributed by atoms with van der Waals surface area (Å²) in [5, 5.41) is 0. The molecule has 0 spiro atoms. The van der Waals surface area contributed by atoms with Gasteiger partial charge < -0.3 is 4.74 Å². The maximum absolute atomic E-state index is 5.18. The number of rotatable bonds is 6. The Morgan fingerprint density at radius 2 is 1.43 bits per heavy atom. The van der Waals surface area contributed by atoms with Gasteiger partial charge in [0.1, 0.15) is 5.75 Å². The molecule has 2 fully saturated rings. The van der Waals surface area contributed by atoms with Gasteiger partial charge in [-0.15, -0.1) is 0 Å². The van der Waals surface area contributed by atoms with Gasteiger partial charge in [0, 0.05) is 5.56 Å². The number of ether oxygens (including phenoxy) is 1. The van der Waals surface area contributed by atoms with E-state index in [-0.39, 0.29) is 0 Å². The van der Waals surface area contributed by atoms with Crippen molar-refractivity contribution in [1.29, 1.82) is 0 Å². The standard InChI is InChI=1S/C27H38O/c1-3-22-8-10-25(11-9-22)16-17-26-14-12-23(13-15-26)6-4-5-7-24-18-20-27(28-2)21-19-24/h4,6,18-23,25-26H,3,8-17H2,1-2H3/t22-,23-,25-,26-. The molecular weight excluding hydrogens is 340 g/mol. The third-order valence-electron chi connectivity index (χ3n) is 7.18. The van der Waals surface area contributed by atoms with E-state index in [9.17, 15) is 0 Å². The number of allylic oxidation sites excluding steroid dienone is 2. The Hall–Kier alpha value is -1.68. The minimum atomic E-state index is 0.737. The highest BCUT2D eigenvalue weighted by Gasteiger charge is 2.23. The highest BCUT2D eigenvalue weighted by Crippen LogP contribution is 2.37. The lowest BCUT2D eigenvalue weighted by atomic mass is 9.75. The van der Waals surface area contributed by atoms with E-state index in [1.807, 2.05) is 24.3 Å². The Balaban J connectivity index is 1.33. The molecule has 2 saturated carbocycles. The van der Waals surface area contributed by atoms with Gasteiger partial charge >= 0.3 is 0 Å². The largest absolute Gasteiger partial charge is 0.497 e. The second kappa shape index (κ2) is 11.4. The Labute approximate surface area is 173 Å². The molecule has 1 aromatic rings. The van der Waals surface area contributed by atoms with Crippen molar-refractivity contribution in [1.82, 2.24) is 0 Å². The van der Waals surface area contributed by atoms with Crippen molar-refractivity contribution in [2.24, 2.45) is 23.7 Å². The summed E-state index contributed by atoms with van der Waals surface area (Å²) in [6.07, 6.45) is 20.3. The van der Waals surface area contributed by atoms with Crippen LogP contribution in [0.15, 0.2) is 36.4 Å². The van der Waals surface area contributed by atoms with E-state index in [2.05, 4.69) is 30.9 Å². The van der Waals surface area contributed by atoms with E-state index in [0.29, 0.717) is 0 Å². The van der Waals surface area contributed by atoms with E-state index in [0.717, 1.165) is 35.0 Å². The summed E-state index contributed by atoms with van der Waals surface area (Å²) in [5.41, 5.74) is 1.04. The maximum Gasteiger partial charge on any atom is 0.118 e. The molecule has 0 N–H and O–H groups in total. The zero-order chi connectivity index (χ0) is 19.6. The number of benzene rings is 1. The van der Waals surface area contributed by atoms with Gasteiger partial charge in [-0.2, -0.15) is 0 Å². The Morgan fingerprint density at radius 3 is 2.00 bits per heavy atom. The summed E-state index contributed by atoms with van der Waals surface area (Å²) in [6.45, 7) is 2.36. The van der Waals surface area contributed by atoms with Crippen LogP contribution in [0.3, 0.4) is 0 Å². The summed E-state index contributed by atoms with van der Waals surface area (Å²) in [7, 11) is 1.69. The fourth-order valence-corrected chi connectivity index (χ4v) is 5.05. The molecule has 1 nitrogen and oxygen atoms in total. The quantitative estimate of drug-likeness (QED) is 0.468. The molecule has 0 radical (unpaired) electrons. The van der Waals surface area contributed by atoms with Crippen molar-refractivity contribution < 1.29 is 4.74 Å². The van der Waals surface area contributed by atoms with Crippen LogP contribution in [0.25, 0.3) is 0 Å². The van der Waals surface area contributed by atoms with Crippen LogP contribution in [0, 0.1) is 35.5 Å². The molecule has 0 heterocycles. The summed E-state index contributed by atoms with van der Waals surface area (Å²) in [4.78, 5) is 0. The van der Waals surface area contributed by atoms with Crippen LogP contribution < -0.4 is 4.74 Å². The predicted octanol–water partition coefficient (Wildman–Crippen LogP) is 7.41. The third-order valence-corrected chi connectivity index (χ3v) is 7.18. The fourth-order valence-electron chi connectivity index (χ4n) is 5.05. The normalized spacial score (nSPS) is 27.9. The molecule has 0 amide bonds. The van der Waals surface area contributed by atoms with Gasteiger partial charge in [-0.25, -0.2) is 0 Å². The summed E-state index contributed by atoms with van der Waals surface area (Å²) >= 11 is 0. The third kappa shape index (κ3) is 6.73. The molecule has 0 aromatic heterocycles. The molecule has 152 valence electrons. The molecular formula is C27H38O. The number of hydrogen-bond acceptors (Lipinski definition) is 1. The average Bonchev–Trinajstić information content (AvgIpc) is 2.77. The highest BCUT2D eigenvalue weighted by atomic mass is 16.5. The Kier molecular flexibility index (Phi) is 8.53. The van der Waals surface area contributed by atoms with Gasteiger partial charge in [0.25, 0.3) is 0 Å². The highest BCUT2D eigenvalue weighted by molar-refractivity contribution is 5.40. The number of methoxy groups -OCH3 is 1. The van der Waals surface area contributed by atoms with Crippen LogP contribution in [-0.2, 0) is 0 Å². The fraction of sp³-hybridized carbons (Fsp3) is 0.630. The summed E-state index contributed by atoms with van der Waals surface area (Å²) < 4.78 is 5.18. The zero-order valence-corrected chi connectivity index (χ0v) is 18.0. The molecule has 1 aromatic carbocycles. The van der Waals surface area contributed by atoms with Crippen LogP contribution in [0.1, 0.15) is 83.1 Å². The van der Waals surface area contributed by atoms with Crippen LogP contribution in [0.2, 0.25) is 0 Å². The smallest absolute Gasteiger partial charge is 0.118 e. The molecule has 0 unspecified atom stereocenters. The van der Waals surface area contributed by atoms with Gasteiger partial charge in [-0.05, 0) is 79.7 Å². The van der Waals surface area contributed by atoms with Crippen molar-refractivity contribution in [2.75, 3.05) is 7.11 Å². The van der Waals surface area contributed by atoms with Crippen LogP contribution >= 0.6 is 0 Å². The van der Waals surface area contributed by atoms with E-state index in [1.165, 1.54) is 70.6 Å². The molecule has 0 atom stereocenters. The molecule has 0 bridgehead atoms. The van der Waals surface area contributed by atoms with Crippen molar-refractivity contribution in [2.45, 2.75) is 77.6 Å². The van der Waals surface area contributed by atoms with Crippen LogP contribution in [0.5, 0.6) is 5.75 Å². The second-order valence-corrected chi connectivity index (χ2v) is 9.01. The minimum absolute atomic E-state index is 0.737. The lowest BCUT2D eigenvalue weighted by Gasteiger charge is -2.31. The number of hydrogen-bond donors (Lipinski definition) is 0. The zero-order valence-electron chi connectivity index (χ0n) is 18.0. The van der Waals surface area contributed by atoms with Crippen LogP contribution in [-0.4, -0.2) is 7.11 Å². The average molecular weight is 379 g/mol. The van der Waals surface area contributed by atoms with E-state index in [4.69, 9.17) is 4.74 Å². The van der Waals surface area contributed by atoms with Crippen molar-refractivity contribution in [3.8, 4) is 17.6 Å². The van der Waals surface area contributed by atoms with Gasteiger partial charge in [-0.3, -0.25) is 0 Å². The predicted molar refractivity (Wildman–Crippen MR) is 119 cm³/mol. The van der Waals surface area contributed by atoms with Crippen molar-refractivity contribution in [3.05, 3.63) is 42.0 Å². The molecule has 0 saturated heterocycles. The first-order valence-corrected chi connectivity index (χ1v) is 11.6. The van der Waals surface area contributed by atoms with E-state index >= 15 is 0 Å². The lowest BCUT2D eigenvalue weighted by Crippen LogP contribution is -2.17. The Bertz CT molecular complexity index is 644. The van der Waals surface area contributed by atoms with Gasteiger partial charge in [0.05, 0.1) is 7.11 Å². The lowest BCUT2D eigenvalue weighted by molar-refractivity contribution is 0.224. The van der Waals surface area contributed by atoms with Crippen molar-refractivity contribution in [3.63, 3.8) is 0 Å². The molecule has 28 heavy (non-hydrogen) atoms. The van der Waals surface area contributed by atoms with Gasteiger partial charge in [0.15, 0.2) is 0 Å². The van der Waals surface area contributed by atoms with Crippen LogP contribution in [0.4, 0.5) is 0 Å². The summed E-state index contributed by atoms with van der Waals surface area (Å²) in [6, 6.07) is 7.95. The monoisotopic (exact) mass is 378 g/mol. The molecule has 2 aliphatic carbocycles. The minimum Gasteiger partial charge on any atom is -0.497 e. The first-order chi connectivity index (χ1) is 13.8.